The van der Waals surface area contributed by atoms with Crippen molar-refractivity contribution in [3.8, 4) is 0 Å². The Morgan fingerprint density at radius 1 is 1.07 bits per heavy atom. The van der Waals surface area contributed by atoms with E-state index in [0.29, 0.717) is 23.1 Å². The molecule has 0 aliphatic rings. The van der Waals surface area contributed by atoms with E-state index in [1.54, 1.807) is 30.3 Å². The Hall–Kier alpha value is -3.30. The standard InChI is InChI=1S/C7H6N2O3.C7H7NO3.2C2H6/c10-8-5-6-2-1-3-7(4-6)9(11)12;9-5-6-2-1-3-7(4-6)8-11-10;2*1-2/h1-5,10H;1-5,8,10H;2*1-2H3/b8-5+;;;. The van der Waals surface area contributed by atoms with Crippen LogP contribution in [0.3, 0.4) is 0 Å². The molecule has 0 atom stereocenters. The van der Waals surface area contributed by atoms with Crippen molar-refractivity contribution in [2.75, 3.05) is 5.48 Å². The molecular formula is C18H25N3O6. The molecule has 148 valence electrons. The normalized spacial score (nSPS) is 8.78. The van der Waals surface area contributed by atoms with Crippen LogP contribution >= 0.6 is 0 Å². The molecule has 0 bridgehead atoms. The van der Waals surface area contributed by atoms with Gasteiger partial charge in [0.15, 0.2) is 0 Å². The average Bonchev–Trinajstić information content (AvgIpc) is 2.72. The number of oxime groups is 1. The van der Waals surface area contributed by atoms with Crippen LogP contribution in [-0.4, -0.2) is 27.9 Å². The number of carbonyl (C=O) groups excluding carboxylic acids is 1. The number of nitro groups is 1. The molecule has 27 heavy (non-hydrogen) atoms. The first kappa shape index (κ1) is 25.9. The number of anilines is 1. The third-order valence-corrected chi connectivity index (χ3v) is 2.47. The van der Waals surface area contributed by atoms with Crippen LogP contribution in [0.4, 0.5) is 11.4 Å². The summed E-state index contributed by atoms with van der Waals surface area (Å²) in [6.07, 6.45) is 1.84. The number of aldehydes is 1. The predicted molar refractivity (Wildman–Crippen MR) is 104 cm³/mol. The topological polar surface area (TPSA) is 134 Å². The maximum absolute atomic E-state index is 10.3. The summed E-state index contributed by atoms with van der Waals surface area (Å²) >= 11 is 0. The van der Waals surface area contributed by atoms with Crippen molar-refractivity contribution in [1.82, 2.24) is 0 Å². The highest BCUT2D eigenvalue weighted by molar-refractivity contribution is 5.80. The Morgan fingerprint density at radius 2 is 1.67 bits per heavy atom. The number of hydrogen-bond donors (Lipinski definition) is 3. The molecule has 3 N–H and O–H groups in total. The molecule has 0 amide bonds. The van der Waals surface area contributed by atoms with Gasteiger partial charge in [-0.1, -0.05) is 57.1 Å². The Labute approximate surface area is 157 Å². The SMILES string of the molecule is CC.CC.O=Cc1cccc(NOO)c1.O=[N+]([O-])c1cccc(/C=N/O)c1. The predicted octanol–water partition coefficient (Wildman–Crippen LogP) is 4.77. The van der Waals surface area contributed by atoms with Crippen LogP contribution in [0.2, 0.25) is 0 Å². The zero-order valence-electron chi connectivity index (χ0n) is 15.7. The summed E-state index contributed by atoms with van der Waals surface area (Å²) in [6, 6.07) is 12.3. The van der Waals surface area contributed by atoms with E-state index in [1.807, 2.05) is 27.7 Å². The van der Waals surface area contributed by atoms with Crippen LogP contribution in [0.15, 0.2) is 53.7 Å². The van der Waals surface area contributed by atoms with Crippen LogP contribution in [0, 0.1) is 10.1 Å². The summed E-state index contributed by atoms with van der Waals surface area (Å²) in [6.45, 7) is 8.00. The molecule has 9 heteroatoms. The van der Waals surface area contributed by atoms with Gasteiger partial charge in [0.1, 0.15) is 6.29 Å². The number of nitro benzene ring substituents is 1. The molecule has 0 radical (unpaired) electrons. The highest BCUT2D eigenvalue weighted by atomic mass is 17.2. The molecule has 0 aromatic heterocycles. The van der Waals surface area contributed by atoms with E-state index in [1.165, 1.54) is 18.2 Å². The first-order valence-electron chi connectivity index (χ1n) is 8.14. The highest BCUT2D eigenvalue weighted by Gasteiger charge is 2.03. The van der Waals surface area contributed by atoms with E-state index in [-0.39, 0.29) is 5.69 Å². The number of non-ortho nitro benzene ring substituents is 1. The van der Waals surface area contributed by atoms with Crippen LogP contribution in [-0.2, 0) is 4.99 Å². The minimum Gasteiger partial charge on any atom is -0.411 e. The van der Waals surface area contributed by atoms with Gasteiger partial charge in [0.25, 0.3) is 5.69 Å². The first-order chi connectivity index (χ1) is 13.1. The maximum Gasteiger partial charge on any atom is 0.270 e. The van der Waals surface area contributed by atoms with Gasteiger partial charge >= 0.3 is 0 Å². The lowest BCUT2D eigenvalue weighted by molar-refractivity contribution is -0.384. The molecule has 2 aromatic carbocycles. The van der Waals surface area contributed by atoms with E-state index < -0.39 is 4.92 Å². The quantitative estimate of drug-likeness (QED) is 0.170. The Balaban J connectivity index is 0. The fourth-order valence-electron chi connectivity index (χ4n) is 1.51. The molecule has 0 spiro atoms. The van der Waals surface area contributed by atoms with Gasteiger partial charge in [0, 0.05) is 23.3 Å². The van der Waals surface area contributed by atoms with Gasteiger partial charge in [0.05, 0.1) is 16.8 Å². The number of nitrogens with zero attached hydrogens (tertiary/aromatic N) is 2. The van der Waals surface area contributed by atoms with Gasteiger partial charge in [0.2, 0.25) is 0 Å². The minimum atomic E-state index is -0.505. The fraction of sp³-hybridized carbons (Fsp3) is 0.222. The second-order valence-electron chi connectivity index (χ2n) is 4.03. The van der Waals surface area contributed by atoms with Gasteiger partial charge < -0.3 is 5.21 Å². The van der Waals surface area contributed by atoms with Gasteiger partial charge in [-0.15, -0.1) is 4.99 Å². The van der Waals surface area contributed by atoms with E-state index >= 15 is 0 Å². The molecule has 0 aliphatic heterocycles. The summed E-state index contributed by atoms with van der Waals surface area (Å²) < 4.78 is 0. The van der Waals surface area contributed by atoms with Crippen LogP contribution in [0.25, 0.3) is 0 Å². The Bertz CT molecular complexity index is 692. The van der Waals surface area contributed by atoms with Crippen molar-refractivity contribution < 1.29 is 25.2 Å². The molecule has 2 aromatic rings. The third kappa shape index (κ3) is 11.8. The van der Waals surface area contributed by atoms with Crippen LogP contribution < -0.4 is 5.48 Å². The Morgan fingerprint density at radius 3 is 2.19 bits per heavy atom. The number of hydrogen-bond acceptors (Lipinski definition) is 8. The zero-order chi connectivity index (χ0) is 21.1. The first-order valence-corrected chi connectivity index (χ1v) is 8.14. The van der Waals surface area contributed by atoms with Crippen molar-refractivity contribution in [2.24, 2.45) is 5.16 Å². The largest absolute Gasteiger partial charge is 0.411 e. The van der Waals surface area contributed by atoms with Crippen molar-refractivity contribution in [3.05, 3.63) is 69.8 Å². The van der Waals surface area contributed by atoms with Crippen molar-refractivity contribution in [1.29, 1.82) is 0 Å². The maximum atomic E-state index is 10.3. The zero-order valence-corrected chi connectivity index (χ0v) is 15.7. The molecule has 9 nitrogen and oxygen atoms in total. The van der Waals surface area contributed by atoms with E-state index in [4.69, 9.17) is 10.5 Å². The van der Waals surface area contributed by atoms with E-state index in [0.717, 1.165) is 6.21 Å². The summed E-state index contributed by atoms with van der Waals surface area (Å²) in [7, 11) is 0. The summed E-state index contributed by atoms with van der Waals surface area (Å²) in [5.74, 6) is 0. The van der Waals surface area contributed by atoms with E-state index in [2.05, 4.69) is 15.6 Å². The number of nitrogens with one attached hydrogen (secondary N) is 1. The summed E-state index contributed by atoms with van der Waals surface area (Å²) in [4.78, 5) is 23.6. The van der Waals surface area contributed by atoms with Crippen molar-refractivity contribution >= 4 is 23.9 Å². The molecule has 0 unspecified atom stereocenters. The number of rotatable bonds is 5. The minimum absolute atomic E-state index is 0.0209. The van der Waals surface area contributed by atoms with Gasteiger partial charge in [-0.3, -0.25) is 14.9 Å². The van der Waals surface area contributed by atoms with Gasteiger partial charge in [-0.25, -0.2) is 10.7 Å². The van der Waals surface area contributed by atoms with Gasteiger partial charge in [-0.2, -0.15) is 0 Å². The lowest BCUT2D eigenvalue weighted by Gasteiger charge is -1.99. The second kappa shape index (κ2) is 17.5. The molecule has 0 saturated heterocycles. The molecular weight excluding hydrogens is 354 g/mol. The van der Waals surface area contributed by atoms with Crippen LogP contribution in [0.1, 0.15) is 43.6 Å². The molecule has 0 fully saturated rings. The average molecular weight is 379 g/mol. The summed E-state index contributed by atoms with van der Waals surface area (Å²) in [5.41, 5.74) is 3.70. The lowest BCUT2D eigenvalue weighted by atomic mass is 10.2. The van der Waals surface area contributed by atoms with Crippen molar-refractivity contribution in [3.63, 3.8) is 0 Å². The molecule has 0 aliphatic carbocycles. The van der Waals surface area contributed by atoms with Crippen molar-refractivity contribution in [2.45, 2.75) is 27.7 Å². The molecule has 0 heterocycles. The monoisotopic (exact) mass is 379 g/mol. The van der Waals surface area contributed by atoms with E-state index in [9.17, 15) is 14.9 Å². The summed E-state index contributed by atoms with van der Waals surface area (Å²) in [5, 5.41) is 29.1. The Kier molecular flexibility index (Phi) is 16.8. The fourth-order valence-corrected chi connectivity index (χ4v) is 1.51. The van der Waals surface area contributed by atoms with Crippen LogP contribution in [0.5, 0.6) is 0 Å². The second-order valence-corrected chi connectivity index (χ2v) is 4.03. The highest BCUT2D eigenvalue weighted by Crippen LogP contribution is 2.11. The molecule has 0 saturated carbocycles. The number of benzene rings is 2. The third-order valence-electron chi connectivity index (χ3n) is 2.47. The number of carbonyl (C=O) groups is 1. The molecule has 2 rings (SSSR count). The van der Waals surface area contributed by atoms with Gasteiger partial charge in [-0.05, 0) is 12.1 Å². The smallest absolute Gasteiger partial charge is 0.270 e. The lowest BCUT2D eigenvalue weighted by Crippen LogP contribution is -1.96.